The molecule has 1 unspecified atom stereocenters. The molecule has 0 saturated carbocycles. The van der Waals surface area contributed by atoms with Crippen LogP contribution in [0.25, 0.3) is 11.0 Å². The number of nitrogens with one attached hydrogen (secondary N) is 3. The van der Waals surface area contributed by atoms with Crippen molar-refractivity contribution in [2.75, 3.05) is 5.32 Å². The van der Waals surface area contributed by atoms with Gasteiger partial charge in [-0.1, -0.05) is 23.7 Å². The molecule has 6 N–H and O–H groups in total. The summed E-state index contributed by atoms with van der Waals surface area (Å²) >= 11 is 10.7. The van der Waals surface area contributed by atoms with Gasteiger partial charge in [0.15, 0.2) is 10.8 Å². The lowest BCUT2D eigenvalue weighted by Gasteiger charge is -2.15. The predicted molar refractivity (Wildman–Crippen MR) is 120 cm³/mol. The lowest BCUT2D eigenvalue weighted by atomic mass is 10.0. The molecule has 30 heavy (non-hydrogen) atoms. The van der Waals surface area contributed by atoms with Gasteiger partial charge < -0.3 is 21.1 Å². The summed E-state index contributed by atoms with van der Waals surface area (Å²) in [5.74, 6) is -0.224. The van der Waals surface area contributed by atoms with E-state index in [1.165, 1.54) is 6.92 Å². The van der Waals surface area contributed by atoms with Crippen LogP contribution in [0.15, 0.2) is 52.4 Å². The van der Waals surface area contributed by atoms with E-state index in [1.807, 2.05) is 0 Å². The van der Waals surface area contributed by atoms with Crippen LogP contribution in [0.1, 0.15) is 24.3 Å². The second-order valence-electron chi connectivity index (χ2n) is 6.25. The molecule has 11 heteroatoms. The molecule has 154 valence electrons. The van der Waals surface area contributed by atoms with E-state index in [1.54, 1.807) is 42.5 Å². The minimum absolute atomic E-state index is 0.0897. The van der Waals surface area contributed by atoms with Crippen molar-refractivity contribution in [1.82, 2.24) is 15.4 Å². The van der Waals surface area contributed by atoms with Crippen LogP contribution in [0.4, 0.5) is 5.69 Å². The quantitative estimate of drug-likeness (QED) is 0.229. The first-order valence-corrected chi connectivity index (χ1v) is 9.42. The summed E-state index contributed by atoms with van der Waals surface area (Å²) in [5.41, 5.74) is 8.88. The molecule has 1 amide bonds. The highest BCUT2D eigenvalue weighted by Gasteiger charge is 2.23. The summed E-state index contributed by atoms with van der Waals surface area (Å²) in [5, 5.41) is 17.8. The second-order valence-corrected chi connectivity index (χ2v) is 7.13. The number of aliphatic hydroxyl groups excluding tert-OH is 1. The fourth-order valence-electron chi connectivity index (χ4n) is 2.70. The maximum Gasteiger partial charge on any atom is 0.276 e. The molecule has 0 aliphatic rings. The van der Waals surface area contributed by atoms with Crippen molar-refractivity contribution in [3.8, 4) is 0 Å². The van der Waals surface area contributed by atoms with Crippen LogP contribution in [0.5, 0.6) is 0 Å². The molecule has 0 aliphatic carbocycles. The third kappa shape index (κ3) is 4.98. The Labute approximate surface area is 181 Å². The number of aromatic nitrogens is 2. The smallest absolute Gasteiger partial charge is 0.276 e. The molecule has 0 radical (unpaired) electrons. The number of halogens is 1. The van der Waals surface area contributed by atoms with Crippen LogP contribution in [0.2, 0.25) is 5.02 Å². The van der Waals surface area contributed by atoms with Gasteiger partial charge in [0, 0.05) is 17.6 Å². The van der Waals surface area contributed by atoms with E-state index < -0.39 is 11.7 Å². The number of hydrazone groups is 1. The Bertz CT molecular complexity index is 1210. The van der Waals surface area contributed by atoms with Crippen molar-refractivity contribution in [2.24, 2.45) is 10.8 Å². The zero-order valence-corrected chi connectivity index (χ0v) is 17.2. The highest BCUT2D eigenvalue weighted by atomic mass is 35.5. The number of H-pyrrole nitrogens is 1. The fourth-order valence-corrected chi connectivity index (χ4v) is 2.92. The third-order valence-electron chi connectivity index (χ3n) is 3.99. The maximum absolute atomic E-state index is 12.6. The number of carbonyl (C=O) groups excluding carboxylic acids is 1. The predicted octanol–water partition coefficient (Wildman–Crippen LogP) is 1.81. The van der Waals surface area contributed by atoms with Crippen LogP contribution in [0, 0.1) is 0 Å². The van der Waals surface area contributed by atoms with Crippen LogP contribution in [0.3, 0.4) is 0 Å². The van der Waals surface area contributed by atoms with Crippen molar-refractivity contribution in [3.63, 3.8) is 0 Å². The van der Waals surface area contributed by atoms with Crippen LogP contribution in [-0.2, 0) is 4.79 Å². The van der Waals surface area contributed by atoms with Gasteiger partial charge in [-0.25, -0.2) is 4.98 Å². The number of fused-ring (bicyclic) bond motifs is 1. The molecule has 3 aromatic rings. The van der Waals surface area contributed by atoms with Crippen molar-refractivity contribution in [2.45, 2.75) is 13.0 Å². The zero-order valence-electron chi connectivity index (χ0n) is 15.6. The monoisotopic (exact) mass is 444 g/mol. The number of thiocarbonyl (C=S) groups is 1. The minimum Gasteiger partial charge on any atom is -0.382 e. The van der Waals surface area contributed by atoms with Crippen LogP contribution < -0.4 is 22.0 Å². The molecule has 0 aliphatic heterocycles. The maximum atomic E-state index is 12.6. The Hall–Kier alpha value is -3.34. The number of aromatic amines is 1. The molecule has 0 fully saturated rings. The van der Waals surface area contributed by atoms with Gasteiger partial charge in [0.1, 0.15) is 11.8 Å². The van der Waals surface area contributed by atoms with E-state index in [4.69, 9.17) is 29.6 Å². The summed E-state index contributed by atoms with van der Waals surface area (Å²) in [4.78, 5) is 30.8. The topological polar surface area (TPSA) is 145 Å². The number of benzene rings is 2. The molecule has 2 aromatic carbocycles. The first-order chi connectivity index (χ1) is 14.2. The Morgan fingerprint density at radius 3 is 2.63 bits per heavy atom. The molecule has 1 heterocycles. The third-order valence-corrected chi connectivity index (χ3v) is 4.32. The highest BCUT2D eigenvalue weighted by molar-refractivity contribution is 7.80. The first kappa shape index (κ1) is 21.4. The Morgan fingerprint density at radius 1 is 1.30 bits per heavy atom. The van der Waals surface area contributed by atoms with Crippen molar-refractivity contribution in [1.29, 1.82) is 0 Å². The lowest BCUT2D eigenvalue weighted by molar-refractivity contribution is -0.114. The number of rotatable bonds is 5. The lowest BCUT2D eigenvalue weighted by Crippen LogP contribution is -2.31. The number of aliphatic hydroxyl groups is 1. The number of nitrogens with zero attached hydrogens (tertiary/aromatic N) is 2. The number of hydrogen-bond donors (Lipinski definition) is 5. The van der Waals surface area contributed by atoms with Crippen molar-refractivity contribution < 1.29 is 9.90 Å². The van der Waals surface area contributed by atoms with Crippen LogP contribution >= 0.6 is 23.8 Å². The van der Waals surface area contributed by atoms with E-state index in [0.29, 0.717) is 27.3 Å². The largest absolute Gasteiger partial charge is 0.382 e. The summed E-state index contributed by atoms with van der Waals surface area (Å²) in [6.45, 7) is 1.39. The number of anilines is 1. The van der Waals surface area contributed by atoms with Crippen molar-refractivity contribution in [3.05, 3.63) is 69.1 Å². The molecule has 1 aromatic heterocycles. The number of amides is 1. The van der Waals surface area contributed by atoms with Gasteiger partial charge in [-0.3, -0.25) is 15.0 Å². The average molecular weight is 445 g/mol. The van der Waals surface area contributed by atoms with Gasteiger partial charge in [-0.15, -0.1) is 0 Å². The Balaban J connectivity index is 2.06. The molecule has 3 rings (SSSR count). The number of hydrogen-bond acceptors (Lipinski definition) is 6. The molecule has 0 saturated heterocycles. The second kappa shape index (κ2) is 8.99. The van der Waals surface area contributed by atoms with E-state index in [-0.39, 0.29) is 22.4 Å². The fraction of sp³-hybridized carbons (Fsp3) is 0.105. The van der Waals surface area contributed by atoms with E-state index in [9.17, 15) is 14.7 Å². The average Bonchev–Trinajstić information content (AvgIpc) is 2.68. The Kier molecular flexibility index (Phi) is 6.40. The molecular weight excluding hydrogens is 428 g/mol. The first-order valence-electron chi connectivity index (χ1n) is 8.63. The van der Waals surface area contributed by atoms with Crippen LogP contribution in [-0.4, -0.2) is 31.8 Å². The van der Waals surface area contributed by atoms with E-state index in [2.05, 4.69) is 25.8 Å². The molecule has 0 spiro atoms. The van der Waals surface area contributed by atoms with E-state index >= 15 is 0 Å². The van der Waals surface area contributed by atoms with Gasteiger partial charge in [0.25, 0.3) is 5.56 Å². The summed E-state index contributed by atoms with van der Waals surface area (Å²) in [6, 6.07) is 11.2. The molecule has 1 atom stereocenters. The molecule has 9 nitrogen and oxygen atoms in total. The number of carbonyl (C=O) groups is 1. The number of nitrogens with two attached hydrogens (primary N) is 1. The Morgan fingerprint density at radius 2 is 2.00 bits per heavy atom. The molecular formula is C19H17ClN6O3S. The minimum atomic E-state index is -1.34. The van der Waals surface area contributed by atoms with Crippen molar-refractivity contribution >= 4 is 57.3 Å². The van der Waals surface area contributed by atoms with Gasteiger partial charge in [-0.05, 0) is 48.1 Å². The normalized spacial score (nSPS) is 12.4. The summed E-state index contributed by atoms with van der Waals surface area (Å²) < 4.78 is 0. The molecule has 0 bridgehead atoms. The van der Waals surface area contributed by atoms with Gasteiger partial charge in [0.2, 0.25) is 5.91 Å². The van der Waals surface area contributed by atoms with Gasteiger partial charge in [-0.2, -0.15) is 5.10 Å². The zero-order chi connectivity index (χ0) is 21.8. The van der Waals surface area contributed by atoms with Gasteiger partial charge >= 0.3 is 0 Å². The SMILES string of the molecule is CC(=O)Nc1ccc(C(O)/C(=N\NC(N)=S)c2nc3ccc(Cl)cc3[nH]c2=O)cc1. The highest BCUT2D eigenvalue weighted by Crippen LogP contribution is 2.21. The summed E-state index contributed by atoms with van der Waals surface area (Å²) in [6.07, 6.45) is -1.34. The van der Waals surface area contributed by atoms with Gasteiger partial charge in [0.05, 0.1) is 11.0 Å². The van der Waals surface area contributed by atoms with E-state index in [0.717, 1.165) is 0 Å². The summed E-state index contributed by atoms with van der Waals surface area (Å²) in [7, 11) is 0. The standard InChI is InChI=1S/C19H17ClN6O3S/c1-9(27)22-12-5-2-10(3-6-12)17(28)15(25-26-19(21)30)16-18(29)24-14-8-11(20)4-7-13(14)23-16/h2-8,17,28H,1H3,(H,22,27)(H,24,29)(H3,21,26,30)/b25-15-.